The first-order valence-corrected chi connectivity index (χ1v) is 11.6. The normalized spacial score (nSPS) is 18.3. The van der Waals surface area contributed by atoms with E-state index in [0.717, 1.165) is 24.1 Å². The quantitative estimate of drug-likeness (QED) is 0.263. The van der Waals surface area contributed by atoms with Crippen LogP contribution in [-0.2, 0) is 0 Å². The molecule has 0 unspecified atom stereocenters. The molecule has 0 saturated heterocycles. The Bertz CT molecular complexity index is 1250. The van der Waals surface area contributed by atoms with Crippen molar-refractivity contribution in [1.82, 2.24) is 0 Å². The van der Waals surface area contributed by atoms with E-state index in [0.29, 0.717) is 23.4 Å². The van der Waals surface area contributed by atoms with E-state index in [9.17, 15) is 22.0 Å². The molecular weight excluding hydrogens is 466 g/mol. The Kier molecular flexibility index (Phi) is 7.30. The SMILES string of the molecule is CCCC1CCC(c2ccc3c(F)c(C#Cc4cc(F)c(OC(F)(F)F)c(F)c4)ccc3c2)CC1. The molecule has 1 fully saturated rings. The molecule has 1 nitrogen and oxygen atoms in total. The second kappa shape index (κ2) is 10.2. The van der Waals surface area contributed by atoms with Crippen LogP contribution in [0.2, 0.25) is 0 Å². The second-order valence-electron chi connectivity index (χ2n) is 8.98. The number of halogens is 6. The van der Waals surface area contributed by atoms with Crippen LogP contribution < -0.4 is 4.74 Å². The molecule has 0 spiro atoms. The number of benzene rings is 3. The van der Waals surface area contributed by atoms with Gasteiger partial charge in [-0.2, -0.15) is 0 Å². The Labute approximate surface area is 200 Å². The minimum Gasteiger partial charge on any atom is -0.399 e. The molecule has 0 heterocycles. The van der Waals surface area contributed by atoms with E-state index in [1.54, 1.807) is 12.1 Å². The lowest BCUT2D eigenvalue weighted by Crippen LogP contribution is -2.19. The molecule has 0 aromatic heterocycles. The summed E-state index contributed by atoms with van der Waals surface area (Å²) in [5.41, 5.74) is 0.961. The Morgan fingerprint density at radius 2 is 1.57 bits per heavy atom. The molecule has 3 aromatic rings. The van der Waals surface area contributed by atoms with Crippen molar-refractivity contribution in [3.8, 4) is 17.6 Å². The van der Waals surface area contributed by atoms with Crippen LogP contribution >= 0.6 is 0 Å². The molecule has 0 aliphatic heterocycles. The molecule has 1 saturated carbocycles. The van der Waals surface area contributed by atoms with Gasteiger partial charge in [0.25, 0.3) is 0 Å². The minimum absolute atomic E-state index is 0.0155. The molecule has 4 rings (SSSR count). The number of hydrogen-bond acceptors (Lipinski definition) is 1. The number of alkyl halides is 3. The minimum atomic E-state index is -5.24. The number of fused-ring (bicyclic) bond motifs is 1. The maximum Gasteiger partial charge on any atom is 0.573 e. The van der Waals surface area contributed by atoms with Gasteiger partial charge in [0.1, 0.15) is 5.82 Å². The highest BCUT2D eigenvalue weighted by Crippen LogP contribution is 2.38. The third-order valence-electron chi connectivity index (χ3n) is 6.55. The van der Waals surface area contributed by atoms with Gasteiger partial charge in [-0.05, 0) is 66.7 Å². The van der Waals surface area contributed by atoms with Crippen molar-refractivity contribution in [2.75, 3.05) is 0 Å². The van der Waals surface area contributed by atoms with E-state index in [1.165, 1.54) is 37.3 Å². The zero-order chi connectivity index (χ0) is 25.2. The van der Waals surface area contributed by atoms with Gasteiger partial charge in [0.05, 0.1) is 5.56 Å². The zero-order valence-corrected chi connectivity index (χ0v) is 19.1. The van der Waals surface area contributed by atoms with Crippen LogP contribution in [0.1, 0.15) is 68.1 Å². The van der Waals surface area contributed by atoms with Crippen molar-refractivity contribution in [2.45, 2.75) is 57.7 Å². The summed E-state index contributed by atoms with van der Waals surface area (Å²) in [7, 11) is 0. The third kappa shape index (κ3) is 5.93. The number of rotatable bonds is 4. The summed E-state index contributed by atoms with van der Waals surface area (Å²) in [6.45, 7) is 2.21. The lowest BCUT2D eigenvalue weighted by molar-refractivity contribution is -0.276. The van der Waals surface area contributed by atoms with Crippen LogP contribution in [0.5, 0.6) is 5.75 Å². The summed E-state index contributed by atoms with van der Waals surface area (Å²) in [6, 6.07) is 10.1. The molecular formula is C28H24F6O. The lowest BCUT2D eigenvalue weighted by atomic mass is 9.77. The fourth-order valence-corrected chi connectivity index (χ4v) is 4.84. The van der Waals surface area contributed by atoms with Gasteiger partial charge in [-0.15, -0.1) is 13.2 Å². The van der Waals surface area contributed by atoms with Gasteiger partial charge in [0.15, 0.2) is 11.6 Å². The highest BCUT2D eigenvalue weighted by atomic mass is 19.4. The Hall–Kier alpha value is -3.14. The van der Waals surface area contributed by atoms with E-state index in [4.69, 9.17) is 0 Å². The van der Waals surface area contributed by atoms with E-state index < -0.39 is 29.6 Å². The summed E-state index contributed by atoms with van der Waals surface area (Å²) < 4.78 is 83.1. The smallest absolute Gasteiger partial charge is 0.399 e. The molecule has 1 aliphatic rings. The number of ether oxygens (including phenoxy) is 1. The maximum atomic E-state index is 15.1. The van der Waals surface area contributed by atoms with Crippen LogP contribution in [0.4, 0.5) is 26.3 Å². The number of hydrogen-bond donors (Lipinski definition) is 0. The largest absolute Gasteiger partial charge is 0.573 e. The average molecular weight is 490 g/mol. The van der Waals surface area contributed by atoms with Gasteiger partial charge < -0.3 is 4.74 Å². The molecule has 3 aromatic carbocycles. The Morgan fingerprint density at radius 1 is 0.886 bits per heavy atom. The first-order chi connectivity index (χ1) is 16.6. The summed E-state index contributed by atoms with van der Waals surface area (Å²) in [4.78, 5) is 0. The third-order valence-corrected chi connectivity index (χ3v) is 6.55. The predicted octanol–water partition coefficient (Wildman–Crippen LogP) is 8.63. The molecule has 0 amide bonds. The maximum absolute atomic E-state index is 15.1. The summed E-state index contributed by atoms with van der Waals surface area (Å²) in [5.74, 6) is 0.953. The van der Waals surface area contributed by atoms with Crippen molar-refractivity contribution in [1.29, 1.82) is 0 Å². The van der Waals surface area contributed by atoms with Crippen LogP contribution in [0.15, 0.2) is 42.5 Å². The monoisotopic (exact) mass is 490 g/mol. The molecule has 1 aliphatic carbocycles. The van der Waals surface area contributed by atoms with Crippen molar-refractivity contribution in [2.24, 2.45) is 5.92 Å². The predicted molar refractivity (Wildman–Crippen MR) is 123 cm³/mol. The topological polar surface area (TPSA) is 9.23 Å². The highest BCUT2D eigenvalue weighted by molar-refractivity contribution is 5.85. The molecule has 0 radical (unpaired) electrons. The van der Waals surface area contributed by atoms with Crippen LogP contribution in [0, 0.1) is 35.2 Å². The molecule has 0 bridgehead atoms. The van der Waals surface area contributed by atoms with E-state index in [-0.39, 0.29) is 11.1 Å². The van der Waals surface area contributed by atoms with Gasteiger partial charge >= 0.3 is 6.36 Å². The van der Waals surface area contributed by atoms with Crippen molar-refractivity contribution >= 4 is 10.8 Å². The van der Waals surface area contributed by atoms with E-state index in [1.807, 2.05) is 12.1 Å². The van der Waals surface area contributed by atoms with Gasteiger partial charge in [0, 0.05) is 10.9 Å². The zero-order valence-electron chi connectivity index (χ0n) is 19.1. The fourth-order valence-electron chi connectivity index (χ4n) is 4.84. The van der Waals surface area contributed by atoms with Crippen molar-refractivity contribution in [3.05, 3.63) is 76.6 Å². The van der Waals surface area contributed by atoms with Crippen LogP contribution in [0.25, 0.3) is 10.8 Å². The van der Waals surface area contributed by atoms with Crippen molar-refractivity contribution in [3.63, 3.8) is 0 Å². The van der Waals surface area contributed by atoms with E-state index in [2.05, 4.69) is 23.5 Å². The first kappa shape index (κ1) is 25.0. The summed E-state index contributed by atoms with van der Waals surface area (Å²) in [6.07, 6.45) is 1.91. The summed E-state index contributed by atoms with van der Waals surface area (Å²) in [5, 5.41) is 1.12. The molecule has 35 heavy (non-hydrogen) atoms. The van der Waals surface area contributed by atoms with Crippen LogP contribution in [-0.4, -0.2) is 6.36 Å². The van der Waals surface area contributed by atoms with Gasteiger partial charge in [0.2, 0.25) is 5.75 Å². The average Bonchev–Trinajstić information content (AvgIpc) is 2.81. The van der Waals surface area contributed by atoms with Gasteiger partial charge in [-0.25, -0.2) is 13.2 Å². The molecule has 0 atom stereocenters. The molecule has 0 N–H and O–H groups in total. The van der Waals surface area contributed by atoms with Crippen LogP contribution in [0.3, 0.4) is 0 Å². The van der Waals surface area contributed by atoms with Crippen molar-refractivity contribution < 1.29 is 31.1 Å². The highest BCUT2D eigenvalue weighted by Gasteiger charge is 2.34. The molecule has 7 heteroatoms. The second-order valence-corrected chi connectivity index (χ2v) is 8.98. The standard InChI is InChI=1S/C28H24F6O/c1-2-3-17-4-7-19(8-5-17)21-12-13-23-22(16-21)11-10-20(26(23)31)9-6-18-14-24(29)27(25(30)15-18)35-28(32,33)34/h10-17,19H,2-5,7-8H2,1H3. The van der Waals surface area contributed by atoms with Gasteiger partial charge in [-0.1, -0.05) is 55.9 Å². The fraction of sp³-hybridized carbons (Fsp3) is 0.357. The molecule has 184 valence electrons. The van der Waals surface area contributed by atoms with Gasteiger partial charge in [-0.3, -0.25) is 0 Å². The summed E-state index contributed by atoms with van der Waals surface area (Å²) >= 11 is 0. The Balaban J connectivity index is 1.55. The lowest BCUT2D eigenvalue weighted by Gasteiger charge is -2.28. The first-order valence-electron chi connectivity index (χ1n) is 11.6. The Morgan fingerprint density at radius 3 is 2.20 bits per heavy atom. The van der Waals surface area contributed by atoms with E-state index >= 15 is 4.39 Å².